The maximum Gasteiger partial charge on any atom is 0.0160 e. The minimum atomic E-state index is 0.727. The second-order valence-corrected chi connectivity index (χ2v) is 3.95. The van der Waals surface area contributed by atoms with E-state index in [1.54, 1.807) is 0 Å². The average Bonchev–Trinajstić information content (AvgIpc) is 2.20. The van der Waals surface area contributed by atoms with E-state index in [2.05, 4.69) is 38.1 Å². The Balaban J connectivity index is 0. The first-order valence-electron chi connectivity index (χ1n) is 5.74. The van der Waals surface area contributed by atoms with E-state index in [9.17, 15) is 0 Å². The smallest absolute Gasteiger partial charge is 0.0160 e. The van der Waals surface area contributed by atoms with Crippen LogP contribution in [-0.4, -0.2) is 25.0 Å². The van der Waals surface area contributed by atoms with Crippen LogP contribution in [0.5, 0.6) is 0 Å². The van der Waals surface area contributed by atoms with Crippen molar-refractivity contribution in [3.05, 3.63) is 50.6 Å². The van der Waals surface area contributed by atoms with Crippen molar-refractivity contribution in [2.75, 3.05) is 20.1 Å². The molecule has 0 heterocycles. The van der Waals surface area contributed by atoms with E-state index in [1.165, 1.54) is 0 Å². The van der Waals surface area contributed by atoms with Crippen LogP contribution in [0.4, 0.5) is 0 Å². The first-order chi connectivity index (χ1) is 7.62. The fourth-order valence-corrected chi connectivity index (χ4v) is 1.18. The molecule has 0 aliphatic heterocycles. The van der Waals surface area contributed by atoms with Gasteiger partial charge in [0.25, 0.3) is 0 Å². The Morgan fingerprint density at radius 1 is 0.875 bits per heavy atom. The molecule has 0 saturated carbocycles. The molecule has 0 spiro atoms. The third kappa shape index (κ3) is 15.4. The van der Waals surface area contributed by atoms with E-state index >= 15 is 0 Å². The van der Waals surface area contributed by atoms with Gasteiger partial charge in [0, 0.05) is 13.1 Å². The zero-order valence-corrected chi connectivity index (χ0v) is 11.0. The first-order valence-corrected chi connectivity index (χ1v) is 5.74. The Bertz CT molecular complexity index is 152. The van der Waals surface area contributed by atoms with E-state index in [0.717, 1.165) is 31.8 Å². The maximum atomic E-state index is 3.65. The molecule has 1 heteroatoms. The second-order valence-electron chi connectivity index (χ2n) is 3.95. The predicted octanol–water partition coefficient (Wildman–Crippen LogP) is 4.06. The van der Waals surface area contributed by atoms with Crippen molar-refractivity contribution < 1.29 is 0 Å². The standard InChI is InChI=1S/C8H14.C7H13N/c2*1-4-6-8(3)7-5-2/h4-5,8H,1-2,6-7H2,3H3;4-5H,1-2,6-7H2,3H3. The van der Waals surface area contributed by atoms with Gasteiger partial charge in [0.15, 0.2) is 0 Å². The summed E-state index contributed by atoms with van der Waals surface area (Å²) in [4.78, 5) is 2.12. The van der Waals surface area contributed by atoms with Crippen LogP contribution in [-0.2, 0) is 0 Å². The quantitative estimate of drug-likeness (QED) is 0.559. The van der Waals surface area contributed by atoms with Crippen LogP contribution in [0.2, 0.25) is 0 Å². The number of hydrogen-bond donors (Lipinski definition) is 0. The van der Waals surface area contributed by atoms with E-state index in [4.69, 9.17) is 0 Å². The minimum Gasteiger partial charge on any atom is -0.299 e. The van der Waals surface area contributed by atoms with Crippen molar-refractivity contribution in [1.29, 1.82) is 0 Å². The molecule has 0 aromatic carbocycles. The highest BCUT2D eigenvalue weighted by molar-refractivity contribution is 4.77. The van der Waals surface area contributed by atoms with E-state index in [1.807, 2.05) is 31.4 Å². The van der Waals surface area contributed by atoms with Crippen LogP contribution in [0.15, 0.2) is 50.6 Å². The summed E-state index contributed by atoms with van der Waals surface area (Å²) in [7, 11) is 2.03. The van der Waals surface area contributed by atoms with Crippen molar-refractivity contribution in [2.24, 2.45) is 5.92 Å². The van der Waals surface area contributed by atoms with Gasteiger partial charge in [-0.3, -0.25) is 4.90 Å². The minimum absolute atomic E-state index is 0.727. The predicted molar refractivity (Wildman–Crippen MR) is 76.7 cm³/mol. The topological polar surface area (TPSA) is 3.24 Å². The highest BCUT2D eigenvalue weighted by Crippen LogP contribution is 2.06. The third-order valence-corrected chi connectivity index (χ3v) is 2.02. The Labute approximate surface area is 102 Å². The van der Waals surface area contributed by atoms with Crippen LogP contribution in [0.3, 0.4) is 0 Å². The maximum absolute atomic E-state index is 3.65. The van der Waals surface area contributed by atoms with Crippen LogP contribution < -0.4 is 0 Å². The van der Waals surface area contributed by atoms with Gasteiger partial charge in [0.05, 0.1) is 0 Å². The highest BCUT2D eigenvalue weighted by atomic mass is 15.1. The molecule has 0 amide bonds. The summed E-state index contributed by atoms with van der Waals surface area (Å²) in [5.74, 6) is 0.727. The SMILES string of the molecule is C=CCC(C)CC=C.C=CCN(C)CC=C. The summed E-state index contributed by atoms with van der Waals surface area (Å²) in [5.41, 5.74) is 0. The molecule has 0 aromatic rings. The van der Waals surface area contributed by atoms with Gasteiger partial charge < -0.3 is 0 Å². The summed E-state index contributed by atoms with van der Waals surface area (Å²) in [6.07, 6.45) is 9.87. The number of rotatable bonds is 8. The van der Waals surface area contributed by atoms with E-state index < -0.39 is 0 Å². The molecule has 0 radical (unpaired) electrons. The molecule has 0 fully saturated rings. The van der Waals surface area contributed by atoms with E-state index in [-0.39, 0.29) is 0 Å². The normalized spacial score (nSPS) is 9.25. The number of nitrogens with zero attached hydrogens (tertiary/aromatic N) is 1. The van der Waals surface area contributed by atoms with Crippen molar-refractivity contribution in [3.63, 3.8) is 0 Å². The summed E-state index contributed by atoms with van der Waals surface area (Å²) in [6, 6.07) is 0. The molecule has 0 aliphatic rings. The lowest BCUT2D eigenvalue weighted by Gasteiger charge is -2.09. The van der Waals surface area contributed by atoms with Crippen LogP contribution in [0.1, 0.15) is 19.8 Å². The van der Waals surface area contributed by atoms with Gasteiger partial charge in [-0.2, -0.15) is 0 Å². The Morgan fingerprint density at radius 3 is 1.50 bits per heavy atom. The molecule has 16 heavy (non-hydrogen) atoms. The largest absolute Gasteiger partial charge is 0.299 e. The van der Waals surface area contributed by atoms with Crippen molar-refractivity contribution >= 4 is 0 Å². The van der Waals surface area contributed by atoms with Gasteiger partial charge in [-0.15, -0.1) is 26.3 Å². The van der Waals surface area contributed by atoms with Crippen LogP contribution in [0.25, 0.3) is 0 Å². The molecule has 0 atom stereocenters. The Morgan fingerprint density at radius 2 is 1.25 bits per heavy atom. The summed E-state index contributed by atoms with van der Waals surface area (Å²) >= 11 is 0. The van der Waals surface area contributed by atoms with Gasteiger partial charge >= 0.3 is 0 Å². The van der Waals surface area contributed by atoms with Crippen molar-refractivity contribution in [2.45, 2.75) is 19.8 Å². The Kier molecular flexibility index (Phi) is 15.1. The lowest BCUT2D eigenvalue weighted by molar-refractivity contribution is 0.413. The molecule has 0 bridgehead atoms. The fraction of sp³-hybridized carbons (Fsp3) is 0.467. The van der Waals surface area contributed by atoms with Crippen molar-refractivity contribution in [3.8, 4) is 0 Å². The van der Waals surface area contributed by atoms with Gasteiger partial charge in [0.1, 0.15) is 0 Å². The van der Waals surface area contributed by atoms with E-state index in [0.29, 0.717) is 0 Å². The molecule has 0 aromatic heterocycles. The van der Waals surface area contributed by atoms with Gasteiger partial charge in [-0.05, 0) is 25.8 Å². The zero-order valence-electron chi connectivity index (χ0n) is 11.0. The highest BCUT2D eigenvalue weighted by Gasteiger charge is 1.92. The average molecular weight is 221 g/mol. The van der Waals surface area contributed by atoms with Crippen LogP contribution >= 0.6 is 0 Å². The fourth-order valence-electron chi connectivity index (χ4n) is 1.18. The summed E-state index contributed by atoms with van der Waals surface area (Å²) in [5, 5.41) is 0. The first kappa shape index (κ1) is 17.3. The number of allylic oxidation sites excluding steroid dienone is 2. The van der Waals surface area contributed by atoms with Gasteiger partial charge in [-0.1, -0.05) is 31.2 Å². The van der Waals surface area contributed by atoms with Crippen LogP contribution in [0, 0.1) is 5.92 Å². The second kappa shape index (κ2) is 13.9. The summed E-state index contributed by atoms with van der Waals surface area (Å²) in [6.45, 7) is 18.6. The summed E-state index contributed by atoms with van der Waals surface area (Å²) < 4.78 is 0. The number of hydrogen-bond acceptors (Lipinski definition) is 1. The molecule has 92 valence electrons. The molecule has 0 saturated heterocycles. The van der Waals surface area contributed by atoms with Gasteiger partial charge in [-0.25, -0.2) is 0 Å². The monoisotopic (exact) mass is 221 g/mol. The molecule has 0 rings (SSSR count). The molecular weight excluding hydrogens is 194 g/mol. The molecule has 1 nitrogen and oxygen atoms in total. The Hall–Kier alpha value is -1.08. The molecule has 0 N–H and O–H groups in total. The van der Waals surface area contributed by atoms with Crippen molar-refractivity contribution in [1.82, 2.24) is 4.90 Å². The zero-order chi connectivity index (χ0) is 12.8. The van der Waals surface area contributed by atoms with Gasteiger partial charge in [0.2, 0.25) is 0 Å². The lowest BCUT2D eigenvalue weighted by Crippen LogP contribution is -2.17. The third-order valence-electron chi connectivity index (χ3n) is 2.02. The number of likely N-dealkylation sites (N-methyl/N-ethyl adjacent to an activating group) is 1. The molecule has 0 unspecified atom stereocenters. The molecular formula is C15H27N. The lowest BCUT2D eigenvalue weighted by atomic mass is 10.0. The molecule has 0 aliphatic carbocycles.